The molecule has 8 heteroatoms. The lowest BCUT2D eigenvalue weighted by Gasteiger charge is -2.17. The number of nitrogens with zero attached hydrogens (tertiary/aromatic N) is 3. The molecule has 1 fully saturated rings. The van der Waals surface area contributed by atoms with Crippen molar-refractivity contribution in [2.24, 2.45) is 0 Å². The molecule has 0 atom stereocenters. The molecule has 5 nitrogen and oxygen atoms in total. The Labute approximate surface area is 130 Å². The fourth-order valence-electron chi connectivity index (χ4n) is 2.38. The molecule has 2 aromatic rings. The molecule has 3 rings (SSSR count). The van der Waals surface area contributed by atoms with Crippen molar-refractivity contribution in [1.29, 1.82) is 0 Å². The standard InChI is InChI=1S/C15H16F3N3O2/c16-15(17,18)11-3-1-10(2-4-11)14-19-13(23-20-14)9-21(7-8-22)12-5-6-12/h1-4,12,22H,5-9H2. The maximum absolute atomic E-state index is 12.5. The van der Waals surface area contributed by atoms with E-state index in [0.29, 0.717) is 30.6 Å². The van der Waals surface area contributed by atoms with Gasteiger partial charge in [-0.1, -0.05) is 17.3 Å². The molecule has 0 radical (unpaired) electrons. The average Bonchev–Trinajstić information content (AvgIpc) is 3.26. The molecule has 1 saturated carbocycles. The average molecular weight is 327 g/mol. The van der Waals surface area contributed by atoms with Crippen molar-refractivity contribution in [3.05, 3.63) is 35.7 Å². The number of hydrogen-bond donors (Lipinski definition) is 1. The Kier molecular flexibility index (Phi) is 4.36. The summed E-state index contributed by atoms with van der Waals surface area (Å²) >= 11 is 0. The van der Waals surface area contributed by atoms with Gasteiger partial charge < -0.3 is 9.63 Å². The van der Waals surface area contributed by atoms with Gasteiger partial charge in [-0.2, -0.15) is 18.2 Å². The van der Waals surface area contributed by atoms with Crippen molar-refractivity contribution in [3.8, 4) is 11.4 Å². The molecule has 0 spiro atoms. The predicted molar refractivity (Wildman–Crippen MR) is 75.3 cm³/mol. The van der Waals surface area contributed by atoms with Crippen molar-refractivity contribution < 1.29 is 22.8 Å². The normalized spacial score (nSPS) is 15.3. The van der Waals surface area contributed by atoms with E-state index in [0.717, 1.165) is 25.0 Å². The van der Waals surface area contributed by atoms with Gasteiger partial charge in [0.2, 0.25) is 11.7 Å². The summed E-state index contributed by atoms with van der Waals surface area (Å²) in [6, 6.07) is 5.07. The lowest BCUT2D eigenvalue weighted by Crippen LogP contribution is -2.28. The lowest BCUT2D eigenvalue weighted by molar-refractivity contribution is -0.137. The van der Waals surface area contributed by atoms with Gasteiger partial charge in [0.05, 0.1) is 18.7 Å². The monoisotopic (exact) mass is 327 g/mol. The molecule has 0 bridgehead atoms. The van der Waals surface area contributed by atoms with Crippen molar-refractivity contribution in [1.82, 2.24) is 15.0 Å². The van der Waals surface area contributed by atoms with Gasteiger partial charge in [-0.15, -0.1) is 0 Å². The molecular weight excluding hydrogens is 311 g/mol. The van der Waals surface area contributed by atoms with E-state index in [4.69, 9.17) is 9.63 Å². The van der Waals surface area contributed by atoms with E-state index in [9.17, 15) is 13.2 Å². The third-order valence-corrected chi connectivity index (χ3v) is 3.73. The first-order chi connectivity index (χ1) is 11.0. The molecule has 0 saturated heterocycles. The highest BCUT2D eigenvalue weighted by Gasteiger charge is 2.31. The van der Waals surface area contributed by atoms with E-state index in [1.807, 2.05) is 0 Å². The van der Waals surface area contributed by atoms with E-state index in [2.05, 4.69) is 15.0 Å². The molecule has 1 aromatic carbocycles. The first kappa shape index (κ1) is 15.9. The van der Waals surface area contributed by atoms with Crippen LogP contribution in [0.2, 0.25) is 0 Å². The zero-order valence-electron chi connectivity index (χ0n) is 12.3. The summed E-state index contributed by atoms with van der Waals surface area (Å²) in [5.74, 6) is 0.647. The number of rotatable bonds is 6. The second-order valence-electron chi connectivity index (χ2n) is 5.51. The van der Waals surface area contributed by atoms with Gasteiger partial charge in [-0.25, -0.2) is 0 Å². The zero-order chi connectivity index (χ0) is 16.4. The third kappa shape index (κ3) is 3.89. The Balaban J connectivity index is 1.71. The molecule has 23 heavy (non-hydrogen) atoms. The molecular formula is C15H16F3N3O2. The molecule has 1 N–H and O–H groups in total. The Hall–Kier alpha value is -1.93. The summed E-state index contributed by atoms with van der Waals surface area (Å²) in [7, 11) is 0. The fraction of sp³-hybridized carbons (Fsp3) is 0.467. The summed E-state index contributed by atoms with van der Waals surface area (Å²) in [4.78, 5) is 6.28. The van der Waals surface area contributed by atoms with Gasteiger partial charge in [0.15, 0.2) is 0 Å². The van der Waals surface area contributed by atoms with Crippen LogP contribution < -0.4 is 0 Å². The van der Waals surface area contributed by atoms with Gasteiger partial charge in [0.1, 0.15) is 0 Å². The Morgan fingerprint density at radius 3 is 2.48 bits per heavy atom. The topological polar surface area (TPSA) is 62.4 Å². The summed E-state index contributed by atoms with van der Waals surface area (Å²) in [5.41, 5.74) is -0.249. The SMILES string of the molecule is OCCN(Cc1nc(-c2ccc(C(F)(F)F)cc2)no1)C1CC1. The number of aliphatic hydroxyl groups is 1. The third-order valence-electron chi connectivity index (χ3n) is 3.73. The van der Waals surface area contributed by atoms with Crippen LogP contribution in [-0.4, -0.2) is 39.3 Å². The number of halogens is 3. The molecule has 0 amide bonds. The maximum atomic E-state index is 12.5. The first-order valence-electron chi connectivity index (χ1n) is 7.32. The minimum absolute atomic E-state index is 0.0520. The molecule has 1 aliphatic carbocycles. The van der Waals surface area contributed by atoms with E-state index in [1.165, 1.54) is 12.1 Å². The van der Waals surface area contributed by atoms with Crippen LogP contribution in [0, 0.1) is 0 Å². The highest BCUT2D eigenvalue weighted by molar-refractivity contribution is 5.54. The summed E-state index contributed by atoms with van der Waals surface area (Å²) in [6.07, 6.45) is -2.20. The maximum Gasteiger partial charge on any atom is 0.416 e. The van der Waals surface area contributed by atoms with Crippen LogP contribution in [-0.2, 0) is 12.7 Å². The van der Waals surface area contributed by atoms with Crippen LogP contribution in [0.3, 0.4) is 0 Å². The predicted octanol–water partition coefficient (Wildman–Crippen LogP) is 2.71. The van der Waals surface area contributed by atoms with Crippen LogP contribution in [0.5, 0.6) is 0 Å². The lowest BCUT2D eigenvalue weighted by atomic mass is 10.1. The van der Waals surface area contributed by atoms with Gasteiger partial charge in [0, 0.05) is 18.2 Å². The van der Waals surface area contributed by atoms with E-state index >= 15 is 0 Å². The van der Waals surface area contributed by atoms with Crippen molar-refractivity contribution in [2.75, 3.05) is 13.2 Å². The quantitative estimate of drug-likeness (QED) is 0.884. The largest absolute Gasteiger partial charge is 0.416 e. The van der Waals surface area contributed by atoms with Crippen LogP contribution in [0.4, 0.5) is 13.2 Å². The Morgan fingerprint density at radius 2 is 1.91 bits per heavy atom. The molecule has 0 aliphatic heterocycles. The second kappa shape index (κ2) is 6.29. The minimum atomic E-state index is -4.37. The molecule has 0 unspecified atom stereocenters. The van der Waals surface area contributed by atoms with Crippen molar-refractivity contribution >= 4 is 0 Å². The number of aliphatic hydroxyl groups excluding tert-OH is 1. The second-order valence-corrected chi connectivity index (χ2v) is 5.51. The summed E-state index contributed by atoms with van der Waals surface area (Å²) in [6.45, 7) is 1.01. The van der Waals surface area contributed by atoms with Gasteiger partial charge in [-0.3, -0.25) is 4.90 Å². The highest BCUT2D eigenvalue weighted by Crippen LogP contribution is 2.31. The van der Waals surface area contributed by atoms with Gasteiger partial charge >= 0.3 is 6.18 Å². The van der Waals surface area contributed by atoms with Crippen molar-refractivity contribution in [2.45, 2.75) is 31.6 Å². The first-order valence-corrected chi connectivity index (χ1v) is 7.32. The zero-order valence-corrected chi connectivity index (χ0v) is 12.3. The number of benzene rings is 1. The van der Waals surface area contributed by atoms with Crippen LogP contribution in [0.1, 0.15) is 24.3 Å². The van der Waals surface area contributed by atoms with Crippen LogP contribution in [0.15, 0.2) is 28.8 Å². The molecule has 124 valence electrons. The Bertz CT molecular complexity index is 651. The Morgan fingerprint density at radius 1 is 1.22 bits per heavy atom. The van der Waals surface area contributed by atoms with Gasteiger partial charge in [-0.05, 0) is 25.0 Å². The molecule has 1 aromatic heterocycles. The van der Waals surface area contributed by atoms with Crippen molar-refractivity contribution in [3.63, 3.8) is 0 Å². The van der Waals surface area contributed by atoms with E-state index in [1.54, 1.807) is 0 Å². The fourth-order valence-corrected chi connectivity index (χ4v) is 2.38. The molecule has 1 heterocycles. The highest BCUT2D eigenvalue weighted by atomic mass is 19.4. The minimum Gasteiger partial charge on any atom is -0.395 e. The summed E-state index contributed by atoms with van der Waals surface area (Å²) < 4.78 is 42.8. The van der Waals surface area contributed by atoms with Crippen LogP contribution >= 0.6 is 0 Å². The van der Waals surface area contributed by atoms with E-state index < -0.39 is 11.7 Å². The molecule has 1 aliphatic rings. The van der Waals surface area contributed by atoms with Gasteiger partial charge in [0.25, 0.3) is 0 Å². The van der Waals surface area contributed by atoms with E-state index in [-0.39, 0.29) is 12.4 Å². The number of alkyl halides is 3. The number of hydrogen-bond acceptors (Lipinski definition) is 5. The summed E-state index contributed by atoms with van der Waals surface area (Å²) in [5, 5.41) is 12.9. The van der Waals surface area contributed by atoms with Crippen LogP contribution in [0.25, 0.3) is 11.4 Å². The number of aromatic nitrogens is 2. The smallest absolute Gasteiger partial charge is 0.395 e.